The van der Waals surface area contributed by atoms with Crippen LogP contribution in [-0.2, 0) is 9.63 Å². The molecule has 4 nitrogen and oxygen atoms in total. The summed E-state index contributed by atoms with van der Waals surface area (Å²) in [6, 6.07) is 6.00. The highest BCUT2D eigenvalue weighted by Gasteiger charge is 2.04. The minimum atomic E-state index is -0.194. The summed E-state index contributed by atoms with van der Waals surface area (Å²) in [5.74, 6) is -0.194. The molecule has 0 atom stereocenters. The molecule has 0 spiro atoms. The molecule has 2 N–H and O–H groups in total. The number of carbonyl (C=O) groups is 1. The molecule has 0 aliphatic carbocycles. The molecule has 0 saturated carbocycles. The Morgan fingerprint density at radius 3 is 2.47 bits per heavy atom. The molecule has 4 heteroatoms. The zero-order valence-electron chi connectivity index (χ0n) is 9.26. The average molecular weight is 208 g/mol. The second-order valence-electron chi connectivity index (χ2n) is 3.35. The summed E-state index contributed by atoms with van der Waals surface area (Å²) in [6.45, 7) is 4.21. The molecule has 0 bridgehead atoms. The molecule has 15 heavy (non-hydrogen) atoms. The first-order valence-corrected chi connectivity index (χ1v) is 4.77. The molecule has 0 unspecified atom stereocenters. The van der Waals surface area contributed by atoms with Gasteiger partial charge in [-0.15, -0.1) is 0 Å². The van der Waals surface area contributed by atoms with Crippen LogP contribution in [0.15, 0.2) is 18.2 Å². The third-order valence-corrected chi connectivity index (χ3v) is 2.12. The summed E-state index contributed by atoms with van der Waals surface area (Å²) in [7, 11) is 1.41. The van der Waals surface area contributed by atoms with Crippen LogP contribution in [0.2, 0.25) is 0 Å². The third-order valence-electron chi connectivity index (χ3n) is 2.12. The number of nitrogens with one attached hydrogen (secondary N) is 2. The number of aryl methyl sites for hydroxylation is 2. The Balaban J connectivity index is 2.61. The van der Waals surface area contributed by atoms with Crippen LogP contribution in [0, 0.1) is 13.8 Å². The Hall–Kier alpha value is -1.55. The van der Waals surface area contributed by atoms with Crippen molar-refractivity contribution < 1.29 is 9.63 Å². The number of hydrogen-bond acceptors (Lipinski definition) is 3. The van der Waals surface area contributed by atoms with E-state index in [4.69, 9.17) is 0 Å². The highest BCUT2D eigenvalue weighted by Crippen LogP contribution is 2.18. The van der Waals surface area contributed by atoms with Crippen molar-refractivity contribution in [3.63, 3.8) is 0 Å². The first-order valence-electron chi connectivity index (χ1n) is 4.77. The van der Waals surface area contributed by atoms with E-state index >= 15 is 0 Å². The SMILES string of the molecule is CONC(=O)CNc1c(C)cccc1C. The fourth-order valence-electron chi connectivity index (χ4n) is 1.41. The van der Waals surface area contributed by atoms with Crippen molar-refractivity contribution in [2.24, 2.45) is 0 Å². The van der Waals surface area contributed by atoms with Gasteiger partial charge in [0.1, 0.15) is 0 Å². The number of hydroxylamine groups is 1. The van der Waals surface area contributed by atoms with Crippen LogP contribution in [0.5, 0.6) is 0 Å². The Morgan fingerprint density at radius 2 is 1.93 bits per heavy atom. The van der Waals surface area contributed by atoms with Crippen LogP contribution in [0.3, 0.4) is 0 Å². The summed E-state index contributed by atoms with van der Waals surface area (Å²) in [5.41, 5.74) is 5.51. The number of benzene rings is 1. The lowest BCUT2D eigenvalue weighted by molar-refractivity contribution is -0.129. The maximum atomic E-state index is 11.1. The lowest BCUT2D eigenvalue weighted by Gasteiger charge is -2.11. The number of hydrogen-bond donors (Lipinski definition) is 2. The van der Waals surface area contributed by atoms with Crippen LogP contribution in [-0.4, -0.2) is 19.6 Å². The molecular formula is C11H16N2O2. The molecule has 0 fully saturated rings. The molecule has 0 aliphatic rings. The highest BCUT2D eigenvalue weighted by molar-refractivity contribution is 5.80. The van der Waals surface area contributed by atoms with Crippen LogP contribution in [0.1, 0.15) is 11.1 Å². The zero-order chi connectivity index (χ0) is 11.3. The monoisotopic (exact) mass is 208 g/mol. The topological polar surface area (TPSA) is 50.4 Å². The van der Waals surface area contributed by atoms with Crippen LogP contribution >= 0.6 is 0 Å². The summed E-state index contributed by atoms with van der Waals surface area (Å²) in [5, 5.41) is 3.07. The Labute approximate surface area is 89.6 Å². The molecule has 0 aromatic heterocycles. The average Bonchev–Trinajstić information content (AvgIpc) is 2.17. The van der Waals surface area contributed by atoms with Crippen molar-refractivity contribution in [3.8, 4) is 0 Å². The summed E-state index contributed by atoms with van der Waals surface area (Å²) in [4.78, 5) is 15.7. The molecule has 1 rings (SSSR count). The van der Waals surface area contributed by atoms with Crippen molar-refractivity contribution in [1.29, 1.82) is 0 Å². The molecule has 82 valence electrons. The standard InChI is InChI=1S/C11H16N2O2/c1-8-5-4-6-9(2)11(8)12-7-10(14)13-15-3/h4-6,12H,7H2,1-3H3,(H,13,14). The van der Waals surface area contributed by atoms with E-state index < -0.39 is 0 Å². The van der Waals surface area contributed by atoms with E-state index in [9.17, 15) is 4.79 Å². The van der Waals surface area contributed by atoms with Crippen LogP contribution < -0.4 is 10.8 Å². The Morgan fingerprint density at radius 1 is 1.33 bits per heavy atom. The van der Waals surface area contributed by atoms with Crippen molar-refractivity contribution in [2.75, 3.05) is 19.0 Å². The van der Waals surface area contributed by atoms with Gasteiger partial charge >= 0.3 is 0 Å². The third kappa shape index (κ3) is 3.25. The summed E-state index contributed by atoms with van der Waals surface area (Å²) >= 11 is 0. The second kappa shape index (κ2) is 5.36. The second-order valence-corrected chi connectivity index (χ2v) is 3.35. The van der Waals surface area contributed by atoms with Gasteiger partial charge in [-0.25, -0.2) is 5.48 Å². The van der Waals surface area contributed by atoms with E-state index in [1.807, 2.05) is 32.0 Å². The summed E-state index contributed by atoms with van der Waals surface area (Å²) < 4.78 is 0. The number of rotatable bonds is 4. The molecule has 0 heterocycles. The lowest BCUT2D eigenvalue weighted by atomic mass is 10.1. The summed E-state index contributed by atoms with van der Waals surface area (Å²) in [6.07, 6.45) is 0. The minimum absolute atomic E-state index is 0.194. The van der Waals surface area contributed by atoms with Gasteiger partial charge < -0.3 is 5.32 Å². The maximum absolute atomic E-state index is 11.1. The van der Waals surface area contributed by atoms with Crippen molar-refractivity contribution in [1.82, 2.24) is 5.48 Å². The molecule has 0 aliphatic heterocycles. The van der Waals surface area contributed by atoms with Crippen LogP contribution in [0.25, 0.3) is 0 Å². The van der Waals surface area contributed by atoms with E-state index in [0.717, 1.165) is 16.8 Å². The zero-order valence-corrected chi connectivity index (χ0v) is 9.26. The van der Waals surface area contributed by atoms with Gasteiger partial charge in [0.15, 0.2) is 0 Å². The van der Waals surface area contributed by atoms with Gasteiger partial charge in [-0.3, -0.25) is 9.63 Å². The minimum Gasteiger partial charge on any atom is -0.376 e. The molecule has 0 saturated heterocycles. The lowest BCUT2D eigenvalue weighted by Crippen LogP contribution is -2.29. The molecule has 1 amide bonds. The maximum Gasteiger partial charge on any atom is 0.262 e. The first kappa shape index (κ1) is 11.5. The van der Waals surface area contributed by atoms with E-state index in [1.165, 1.54) is 7.11 Å². The van der Waals surface area contributed by atoms with E-state index in [2.05, 4.69) is 15.6 Å². The molecule has 1 aromatic rings. The van der Waals surface area contributed by atoms with Gasteiger partial charge in [-0.2, -0.15) is 0 Å². The number of para-hydroxylation sites is 1. The van der Waals surface area contributed by atoms with Crippen molar-refractivity contribution >= 4 is 11.6 Å². The van der Waals surface area contributed by atoms with Gasteiger partial charge in [-0.05, 0) is 25.0 Å². The fourth-order valence-corrected chi connectivity index (χ4v) is 1.41. The predicted octanol–water partition coefficient (Wildman–Crippen LogP) is 1.39. The quantitative estimate of drug-likeness (QED) is 0.735. The number of carbonyl (C=O) groups excluding carboxylic acids is 1. The van der Waals surface area contributed by atoms with E-state index in [0.29, 0.717) is 0 Å². The molecule has 1 aromatic carbocycles. The van der Waals surface area contributed by atoms with Gasteiger partial charge in [0.05, 0.1) is 13.7 Å². The van der Waals surface area contributed by atoms with Crippen molar-refractivity contribution in [3.05, 3.63) is 29.3 Å². The normalized spacial score (nSPS) is 9.80. The molecule has 0 radical (unpaired) electrons. The molecular weight excluding hydrogens is 192 g/mol. The van der Waals surface area contributed by atoms with Gasteiger partial charge in [0.2, 0.25) is 0 Å². The van der Waals surface area contributed by atoms with Crippen LogP contribution in [0.4, 0.5) is 5.69 Å². The smallest absolute Gasteiger partial charge is 0.262 e. The Bertz CT molecular complexity index is 330. The number of amides is 1. The van der Waals surface area contributed by atoms with E-state index in [1.54, 1.807) is 0 Å². The van der Waals surface area contributed by atoms with E-state index in [-0.39, 0.29) is 12.5 Å². The van der Waals surface area contributed by atoms with Gasteiger partial charge in [0.25, 0.3) is 5.91 Å². The highest BCUT2D eigenvalue weighted by atomic mass is 16.6. The van der Waals surface area contributed by atoms with Crippen molar-refractivity contribution in [2.45, 2.75) is 13.8 Å². The first-order chi connectivity index (χ1) is 7.15. The largest absolute Gasteiger partial charge is 0.376 e. The predicted molar refractivity (Wildman–Crippen MR) is 59.6 cm³/mol. The Kier molecular flexibility index (Phi) is 4.12. The number of anilines is 1. The fraction of sp³-hybridized carbons (Fsp3) is 0.364. The van der Waals surface area contributed by atoms with Gasteiger partial charge in [0, 0.05) is 5.69 Å². The van der Waals surface area contributed by atoms with Gasteiger partial charge in [-0.1, -0.05) is 18.2 Å².